The molecule has 1 aliphatic carbocycles. The third-order valence-corrected chi connectivity index (χ3v) is 3.90. The first-order chi connectivity index (χ1) is 8.67. The van der Waals surface area contributed by atoms with Gasteiger partial charge in [0.1, 0.15) is 0 Å². The van der Waals surface area contributed by atoms with Crippen molar-refractivity contribution < 1.29 is 9.90 Å². The smallest absolute Gasteiger partial charge is 0.317 e. The molecule has 102 valence electrons. The maximum atomic E-state index is 10.9. The molecule has 0 spiro atoms. The van der Waals surface area contributed by atoms with Gasteiger partial charge in [0.15, 0.2) is 0 Å². The number of aliphatic carboxylic acids is 1. The molecule has 18 heavy (non-hydrogen) atoms. The molecule has 3 heteroatoms. The minimum atomic E-state index is -0.778. The van der Waals surface area contributed by atoms with E-state index in [1.54, 1.807) is 0 Å². The van der Waals surface area contributed by atoms with Crippen molar-refractivity contribution in [1.82, 2.24) is 4.90 Å². The second-order valence-corrected chi connectivity index (χ2v) is 5.32. The summed E-state index contributed by atoms with van der Waals surface area (Å²) in [5, 5.41) is 8.94. The number of hydrogen-bond donors (Lipinski definition) is 1. The van der Waals surface area contributed by atoms with E-state index in [4.69, 9.17) is 11.5 Å². The molecule has 3 nitrogen and oxygen atoms in total. The minimum Gasteiger partial charge on any atom is -0.480 e. The first-order valence-electron chi connectivity index (χ1n) is 7.06. The molecule has 0 saturated heterocycles. The fourth-order valence-electron chi connectivity index (χ4n) is 3.03. The standard InChI is InChI=1S/C15H25NO2/c1-3-6-13-7-5-8-14(10-9-13)16(11-4-2)12-15(17)18/h2,13-14H,3,5-12H2,1H3,(H,17,18). The molecule has 2 unspecified atom stereocenters. The summed E-state index contributed by atoms with van der Waals surface area (Å²) in [6.07, 6.45) is 13.8. The fourth-order valence-corrected chi connectivity index (χ4v) is 3.03. The van der Waals surface area contributed by atoms with Crippen LogP contribution >= 0.6 is 0 Å². The molecule has 0 radical (unpaired) electrons. The van der Waals surface area contributed by atoms with Gasteiger partial charge in [-0.3, -0.25) is 9.69 Å². The van der Waals surface area contributed by atoms with Gasteiger partial charge in [0.05, 0.1) is 13.1 Å². The Morgan fingerprint density at radius 2 is 2.17 bits per heavy atom. The summed E-state index contributed by atoms with van der Waals surface area (Å²) in [5.74, 6) is 2.64. The first kappa shape index (κ1) is 15.0. The van der Waals surface area contributed by atoms with Crippen LogP contribution in [0.15, 0.2) is 0 Å². The van der Waals surface area contributed by atoms with Crippen LogP contribution in [0.1, 0.15) is 51.9 Å². The van der Waals surface area contributed by atoms with E-state index in [0.29, 0.717) is 12.6 Å². The first-order valence-corrected chi connectivity index (χ1v) is 7.06. The highest BCUT2D eigenvalue weighted by Gasteiger charge is 2.24. The van der Waals surface area contributed by atoms with E-state index in [9.17, 15) is 4.79 Å². The molecule has 0 heterocycles. The summed E-state index contributed by atoms with van der Waals surface area (Å²) >= 11 is 0. The Kier molecular flexibility index (Phi) is 6.82. The lowest BCUT2D eigenvalue weighted by molar-refractivity contribution is -0.138. The summed E-state index contributed by atoms with van der Waals surface area (Å²) in [4.78, 5) is 12.8. The number of carboxylic acids is 1. The average Bonchev–Trinajstić information content (AvgIpc) is 2.54. The second-order valence-electron chi connectivity index (χ2n) is 5.32. The Morgan fingerprint density at radius 3 is 2.78 bits per heavy atom. The lowest BCUT2D eigenvalue weighted by Crippen LogP contribution is -2.39. The maximum absolute atomic E-state index is 10.9. The zero-order chi connectivity index (χ0) is 13.4. The van der Waals surface area contributed by atoms with Gasteiger partial charge in [0.25, 0.3) is 0 Å². The zero-order valence-electron chi connectivity index (χ0n) is 11.4. The van der Waals surface area contributed by atoms with Crippen LogP contribution in [0.3, 0.4) is 0 Å². The lowest BCUT2D eigenvalue weighted by Gasteiger charge is -2.27. The van der Waals surface area contributed by atoms with E-state index >= 15 is 0 Å². The molecule has 0 aromatic carbocycles. The largest absolute Gasteiger partial charge is 0.480 e. The van der Waals surface area contributed by atoms with Gasteiger partial charge >= 0.3 is 5.97 Å². The van der Waals surface area contributed by atoms with Gasteiger partial charge in [-0.25, -0.2) is 0 Å². The molecule has 0 bridgehead atoms. The number of nitrogens with zero attached hydrogens (tertiary/aromatic N) is 1. The van der Waals surface area contributed by atoms with Crippen LogP contribution in [0.5, 0.6) is 0 Å². The molecule has 0 aromatic heterocycles. The highest BCUT2D eigenvalue weighted by molar-refractivity contribution is 5.69. The summed E-state index contributed by atoms with van der Waals surface area (Å²) in [7, 11) is 0. The van der Waals surface area contributed by atoms with Crippen molar-refractivity contribution in [2.75, 3.05) is 13.1 Å². The van der Waals surface area contributed by atoms with Gasteiger partial charge in [0, 0.05) is 6.04 Å². The van der Waals surface area contributed by atoms with Gasteiger partial charge in [-0.2, -0.15) is 0 Å². The van der Waals surface area contributed by atoms with E-state index in [2.05, 4.69) is 12.8 Å². The van der Waals surface area contributed by atoms with Gasteiger partial charge in [0.2, 0.25) is 0 Å². The van der Waals surface area contributed by atoms with E-state index in [0.717, 1.165) is 18.8 Å². The summed E-state index contributed by atoms with van der Waals surface area (Å²) in [6.45, 7) is 2.76. The Labute approximate surface area is 111 Å². The lowest BCUT2D eigenvalue weighted by atomic mass is 9.95. The van der Waals surface area contributed by atoms with Crippen molar-refractivity contribution in [3.8, 4) is 12.3 Å². The SMILES string of the molecule is C#CCN(CC(=O)O)C1CCCC(CCC)CC1. The number of carbonyl (C=O) groups is 1. The average molecular weight is 251 g/mol. The van der Waals surface area contributed by atoms with Crippen molar-refractivity contribution >= 4 is 5.97 Å². The van der Waals surface area contributed by atoms with Crippen LogP contribution in [0, 0.1) is 18.3 Å². The van der Waals surface area contributed by atoms with Crippen molar-refractivity contribution in [3.63, 3.8) is 0 Å². The quantitative estimate of drug-likeness (QED) is 0.583. The molecule has 1 aliphatic rings. The number of terminal acetylenes is 1. The Morgan fingerprint density at radius 1 is 1.39 bits per heavy atom. The van der Waals surface area contributed by atoms with Crippen molar-refractivity contribution in [2.45, 2.75) is 57.9 Å². The van der Waals surface area contributed by atoms with Crippen LogP contribution in [0.2, 0.25) is 0 Å². The number of hydrogen-bond acceptors (Lipinski definition) is 2. The highest BCUT2D eigenvalue weighted by Crippen LogP contribution is 2.28. The molecule has 0 aromatic rings. The van der Waals surface area contributed by atoms with Crippen molar-refractivity contribution in [2.24, 2.45) is 5.92 Å². The van der Waals surface area contributed by atoms with Crippen molar-refractivity contribution in [3.05, 3.63) is 0 Å². The van der Waals surface area contributed by atoms with Crippen LogP contribution in [0.25, 0.3) is 0 Å². The van der Waals surface area contributed by atoms with E-state index < -0.39 is 5.97 Å². The van der Waals surface area contributed by atoms with E-state index in [1.165, 1.54) is 32.1 Å². The van der Waals surface area contributed by atoms with Crippen LogP contribution in [-0.2, 0) is 4.79 Å². The summed E-state index contributed by atoms with van der Waals surface area (Å²) < 4.78 is 0. The maximum Gasteiger partial charge on any atom is 0.317 e. The Hall–Kier alpha value is -1.01. The normalized spacial score (nSPS) is 24.5. The van der Waals surface area contributed by atoms with Crippen LogP contribution < -0.4 is 0 Å². The molecule has 1 rings (SSSR count). The Bertz CT molecular complexity index is 295. The molecule has 1 saturated carbocycles. The number of carboxylic acid groups (broad SMARTS) is 1. The topological polar surface area (TPSA) is 40.5 Å². The molecule has 2 atom stereocenters. The van der Waals surface area contributed by atoms with Gasteiger partial charge in [-0.15, -0.1) is 6.42 Å². The third-order valence-electron chi connectivity index (χ3n) is 3.90. The van der Waals surface area contributed by atoms with Crippen LogP contribution in [-0.4, -0.2) is 35.1 Å². The minimum absolute atomic E-state index is 0.0767. The highest BCUT2D eigenvalue weighted by atomic mass is 16.4. The number of rotatable bonds is 6. The van der Waals surface area contributed by atoms with E-state index in [1.807, 2.05) is 4.90 Å². The summed E-state index contributed by atoms with van der Waals surface area (Å²) in [6, 6.07) is 0.360. The predicted octanol–water partition coefficient (Wildman–Crippen LogP) is 2.76. The molecule has 1 fully saturated rings. The van der Waals surface area contributed by atoms with Gasteiger partial charge in [-0.1, -0.05) is 38.5 Å². The second kappa shape index (κ2) is 8.16. The molecule has 0 amide bonds. The Balaban J connectivity index is 2.52. The third kappa shape index (κ3) is 5.10. The molecule has 1 N–H and O–H groups in total. The van der Waals surface area contributed by atoms with Gasteiger partial charge in [-0.05, 0) is 25.2 Å². The fraction of sp³-hybridized carbons (Fsp3) is 0.800. The monoisotopic (exact) mass is 251 g/mol. The van der Waals surface area contributed by atoms with Crippen LogP contribution in [0.4, 0.5) is 0 Å². The van der Waals surface area contributed by atoms with Crippen molar-refractivity contribution in [1.29, 1.82) is 0 Å². The van der Waals surface area contributed by atoms with Gasteiger partial charge < -0.3 is 5.11 Å². The van der Waals surface area contributed by atoms with E-state index in [-0.39, 0.29) is 6.54 Å². The molecule has 0 aliphatic heterocycles. The molecular weight excluding hydrogens is 226 g/mol. The predicted molar refractivity (Wildman–Crippen MR) is 73.3 cm³/mol. The molecular formula is C15H25NO2. The zero-order valence-corrected chi connectivity index (χ0v) is 11.4. The summed E-state index contributed by atoms with van der Waals surface area (Å²) in [5.41, 5.74) is 0.